The zero-order chi connectivity index (χ0) is 14.5. The van der Waals surface area contributed by atoms with Crippen molar-refractivity contribution in [2.24, 2.45) is 5.92 Å². The van der Waals surface area contributed by atoms with Gasteiger partial charge in [0.2, 0.25) is 0 Å². The third-order valence-corrected chi connectivity index (χ3v) is 4.07. The van der Waals surface area contributed by atoms with Crippen molar-refractivity contribution < 1.29 is 4.92 Å². The predicted molar refractivity (Wildman–Crippen MR) is 76.0 cm³/mol. The van der Waals surface area contributed by atoms with Crippen LogP contribution in [0.15, 0.2) is 24.3 Å². The fraction of sp³-hybridized carbons (Fsp3) is 0.533. The van der Waals surface area contributed by atoms with Crippen LogP contribution in [0.4, 0.5) is 5.69 Å². The Morgan fingerprint density at radius 3 is 2.75 bits per heavy atom. The predicted octanol–water partition coefficient (Wildman–Crippen LogP) is 3.33. The first-order chi connectivity index (χ1) is 9.63. The van der Waals surface area contributed by atoms with Crippen LogP contribution in [-0.4, -0.2) is 11.0 Å². The Morgan fingerprint density at radius 1 is 1.40 bits per heavy atom. The first kappa shape index (κ1) is 14.5. The highest BCUT2D eigenvalue weighted by Crippen LogP contribution is 2.29. The van der Waals surface area contributed by atoms with Gasteiger partial charge in [-0.3, -0.25) is 15.4 Å². The fourth-order valence-electron chi connectivity index (χ4n) is 2.87. The summed E-state index contributed by atoms with van der Waals surface area (Å²) in [5.41, 5.74) is 0.466. The minimum Gasteiger partial charge on any atom is -0.295 e. The molecule has 1 aromatic carbocycles. The first-order valence-corrected chi connectivity index (χ1v) is 7.02. The SMILES string of the molecule is CC1CCCCC1NC(C#N)c1ccccc1[N+](=O)[O-]. The second-order valence-electron chi connectivity index (χ2n) is 5.41. The minimum atomic E-state index is -0.623. The lowest BCUT2D eigenvalue weighted by molar-refractivity contribution is -0.385. The highest BCUT2D eigenvalue weighted by molar-refractivity contribution is 5.44. The molecule has 1 aliphatic carbocycles. The van der Waals surface area contributed by atoms with Gasteiger partial charge in [0.05, 0.1) is 16.6 Å². The van der Waals surface area contributed by atoms with Gasteiger partial charge in [-0.1, -0.05) is 31.9 Å². The van der Waals surface area contributed by atoms with Gasteiger partial charge in [0.1, 0.15) is 6.04 Å². The summed E-state index contributed by atoms with van der Waals surface area (Å²) >= 11 is 0. The van der Waals surface area contributed by atoms with E-state index in [0.29, 0.717) is 11.5 Å². The molecule has 0 heterocycles. The maximum absolute atomic E-state index is 11.1. The Bertz CT molecular complexity index is 524. The van der Waals surface area contributed by atoms with Crippen molar-refractivity contribution in [1.82, 2.24) is 5.32 Å². The average molecular weight is 273 g/mol. The Morgan fingerprint density at radius 2 is 2.10 bits per heavy atom. The maximum Gasteiger partial charge on any atom is 0.275 e. The van der Waals surface area contributed by atoms with Crippen LogP contribution in [-0.2, 0) is 0 Å². The number of benzene rings is 1. The van der Waals surface area contributed by atoms with Gasteiger partial charge in [-0.25, -0.2) is 0 Å². The quantitative estimate of drug-likeness (QED) is 0.674. The van der Waals surface area contributed by atoms with Crippen molar-refractivity contribution in [3.05, 3.63) is 39.9 Å². The van der Waals surface area contributed by atoms with E-state index in [0.717, 1.165) is 19.3 Å². The highest BCUT2D eigenvalue weighted by atomic mass is 16.6. The summed E-state index contributed by atoms with van der Waals surface area (Å²) in [5.74, 6) is 0.502. The molecule has 0 aliphatic heterocycles. The Balaban J connectivity index is 2.20. The molecule has 0 spiro atoms. The molecule has 0 saturated heterocycles. The lowest BCUT2D eigenvalue weighted by Gasteiger charge is -2.31. The number of hydrogen-bond acceptors (Lipinski definition) is 4. The molecular formula is C15H19N3O2. The number of nitriles is 1. The zero-order valence-corrected chi connectivity index (χ0v) is 11.6. The Hall–Kier alpha value is -1.93. The second-order valence-corrected chi connectivity index (χ2v) is 5.41. The molecule has 1 fully saturated rings. The van der Waals surface area contributed by atoms with Gasteiger partial charge >= 0.3 is 0 Å². The van der Waals surface area contributed by atoms with Crippen LogP contribution >= 0.6 is 0 Å². The van der Waals surface area contributed by atoms with E-state index < -0.39 is 11.0 Å². The third kappa shape index (κ3) is 3.14. The molecule has 1 N–H and O–H groups in total. The molecule has 0 radical (unpaired) electrons. The average Bonchev–Trinajstić information content (AvgIpc) is 2.46. The number of hydrogen-bond donors (Lipinski definition) is 1. The van der Waals surface area contributed by atoms with Gasteiger partial charge in [0.25, 0.3) is 5.69 Å². The summed E-state index contributed by atoms with van der Waals surface area (Å²) in [6.45, 7) is 2.17. The van der Waals surface area contributed by atoms with Crippen molar-refractivity contribution in [2.75, 3.05) is 0 Å². The van der Waals surface area contributed by atoms with E-state index in [4.69, 9.17) is 0 Å². The van der Waals surface area contributed by atoms with E-state index in [-0.39, 0.29) is 11.7 Å². The highest BCUT2D eigenvalue weighted by Gasteiger charge is 2.27. The van der Waals surface area contributed by atoms with Crippen molar-refractivity contribution in [2.45, 2.75) is 44.7 Å². The number of nitro benzene ring substituents is 1. The van der Waals surface area contributed by atoms with E-state index in [1.54, 1.807) is 18.2 Å². The number of nitrogens with zero attached hydrogens (tertiary/aromatic N) is 2. The number of para-hydroxylation sites is 1. The van der Waals surface area contributed by atoms with Gasteiger partial charge in [-0.2, -0.15) is 5.26 Å². The molecule has 20 heavy (non-hydrogen) atoms. The van der Waals surface area contributed by atoms with E-state index >= 15 is 0 Å². The fourth-order valence-corrected chi connectivity index (χ4v) is 2.87. The van der Waals surface area contributed by atoms with Gasteiger partial charge < -0.3 is 0 Å². The lowest BCUT2D eigenvalue weighted by Crippen LogP contribution is -2.39. The van der Waals surface area contributed by atoms with Gasteiger partial charge in [0.15, 0.2) is 0 Å². The van der Waals surface area contributed by atoms with Crippen LogP contribution in [0, 0.1) is 27.4 Å². The number of rotatable bonds is 4. The maximum atomic E-state index is 11.1. The molecule has 1 aliphatic rings. The van der Waals surface area contributed by atoms with Crippen LogP contribution in [0.1, 0.15) is 44.2 Å². The topological polar surface area (TPSA) is 79.0 Å². The van der Waals surface area contributed by atoms with Gasteiger partial charge in [-0.15, -0.1) is 0 Å². The van der Waals surface area contributed by atoms with Crippen molar-refractivity contribution >= 4 is 5.69 Å². The second kappa shape index (κ2) is 6.49. The van der Waals surface area contributed by atoms with E-state index in [1.807, 2.05) is 0 Å². The van der Waals surface area contributed by atoms with Crippen LogP contribution in [0.25, 0.3) is 0 Å². The Kier molecular flexibility index (Phi) is 4.70. The Labute approximate surface area is 118 Å². The lowest BCUT2D eigenvalue weighted by atomic mass is 9.85. The van der Waals surface area contributed by atoms with E-state index in [1.165, 1.54) is 12.5 Å². The molecule has 0 bridgehead atoms. The van der Waals surface area contributed by atoms with Gasteiger partial charge in [-0.05, 0) is 24.8 Å². The summed E-state index contributed by atoms with van der Waals surface area (Å²) < 4.78 is 0. The molecule has 3 unspecified atom stereocenters. The molecule has 1 aromatic rings. The van der Waals surface area contributed by atoms with Crippen LogP contribution in [0.3, 0.4) is 0 Å². The molecular weight excluding hydrogens is 254 g/mol. The zero-order valence-electron chi connectivity index (χ0n) is 11.6. The summed E-state index contributed by atoms with van der Waals surface area (Å²) in [6, 6.07) is 8.27. The molecule has 0 aromatic heterocycles. The van der Waals surface area contributed by atoms with Crippen LogP contribution in [0.5, 0.6) is 0 Å². The molecule has 2 rings (SSSR count). The third-order valence-electron chi connectivity index (χ3n) is 4.07. The van der Waals surface area contributed by atoms with Crippen LogP contribution < -0.4 is 5.32 Å². The molecule has 3 atom stereocenters. The monoisotopic (exact) mass is 273 g/mol. The summed E-state index contributed by atoms with van der Waals surface area (Å²) in [5, 5.41) is 23.7. The molecule has 5 nitrogen and oxygen atoms in total. The van der Waals surface area contributed by atoms with Crippen LogP contribution in [0.2, 0.25) is 0 Å². The van der Waals surface area contributed by atoms with E-state index in [2.05, 4.69) is 18.3 Å². The largest absolute Gasteiger partial charge is 0.295 e. The minimum absolute atomic E-state index is 0.00927. The summed E-state index contributed by atoms with van der Waals surface area (Å²) in [6.07, 6.45) is 4.55. The van der Waals surface area contributed by atoms with E-state index in [9.17, 15) is 15.4 Å². The van der Waals surface area contributed by atoms with Crippen molar-refractivity contribution in [3.8, 4) is 6.07 Å². The van der Waals surface area contributed by atoms with Crippen molar-refractivity contribution in [1.29, 1.82) is 5.26 Å². The summed E-state index contributed by atoms with van der Waals surface area (Å²) in [4.78, 5) is 10.6. The standard InChI is InChI=1S/C15H19N3O2/c1-11-6-2-4-8-13(11)17-14(10-16)12-7-3-5-9-15(12)18(19)20/h3,5,7,9,11,13-14,17H,2,4,6,8H2,1H3. The molecule has 106 valence electrons. The number of nitro groups is 1. The number of nitrogens with one attached hydrogen (secondary N) is 1. The van der Waals surface area contributed by atoms with Crippen molar-refractivity contribution in [3.63, 3.8) is 0 Å². The summed E-state index contributed by atoms with van der Waals surface area (Å²) in [7, 11) is 0. The molecule has 0 amide bonds. The molecule has 1 saturated carbocycles. The first-order valence-electron chi connectivity index (χ1n) is 7.02. The normalized spacial score (nSPS) is 23.8. The van der Waals surface area contributed by atoms with Gasteiger partial charge in [0, 0.05) is 12.1 Å². The molecule has 5 heteroatoms. The smallest absolute Gasteiger partial charge is 0.275 e.